The molecule has 18 heavy (non-hydrogen) atoms. The first-order valence-electron chi connectivity index (χ1n) is 7.13. The zero-order chi connectivity index (χ0) is 13.1. The number of hydrogen-bond acceptors (Lipinski definition) is 2. The Bertz CT molecular complexity index is 400. The fourth-order valence-corrected chi connectivity index (χ4v) is 3.19. The third kappa shape index (κ3) is 3.05. The van der Waals surface area contributed by atoms with Crippen LogP contribution < -0.4 is 5.73 Å². The van der Waals surface area contributed by atoms with Crippen LogP contribution in [0.25, 0.3) is 0 Å². The van der Waals surface area contributed by atoms with Crippen LogP contribution >= 0.6 is 0 Å². The average molecular weight is 246 g/mol. The molecule has 2 nitrogen and oxygen atoms in total. The zero-order valence-corrected chi connectivity index (χ0v) is 11.9. The van der Waals surface area contributed by atoms with E-state index in [0.29, 0.717) is 0 Å². The molecule has 1 aliphatic rings. The number of nitrogen functional groups attached to an aromatic ring is 1. The maximum atomic E-state index is 5.87. The molecule has 2 heteroatoms. The molecule has 1 aromatic rings. The summed E-state index contributed by atoms with van der Waals surface area (Å²) in [6.07, 6.45) is 5.54. The zero-order valence-electron chi connectivity index (χ0n) is 11.9. The molecule has 1 aliphatic carbocycles. The van der Waals surface area contributed by atoms with Crippen molar-refractivity contribution in [3.63, 3.8) is 0 Å². The Kier molecular flexibility index (Phi) is 4.28. The smallest absolute Gasteiger partial charge is 0.0343 e. The number of nitrogens with two attached hydrogens (primary N) is 1. The van der Waals surface area contributed by atoms with Crippen LogP contribution in [0.15, 0.2) is 18.2 Å². The quantitative estimate of drug-likeness (QED) is 0.826. The third-order valence-corrected chi connectivity index (χ3v) is 4.40. The predicted molar refractivity (Wildman–Crippen MR) is 78.5 cm³/mol. The summed E-state index contributed by atoms with van der Waals surface area (Å²) in [6, 6.07) is 7.16. The maximum absolute atomic E-state index is 5.87. The lowest BCUT2D eigenvalue weighted by Gasteiger charge is -2.36. The van der Waals surface area contributed by atoms with Crippen molar-refractivity contribution in [3.8, 4) is 0 Å². The Hall–Kier alpha value is -1.02. The Labute approximate surface area is 111 Å². The van der Waals surface area contributed by atoms with Crippen LogP contribution in [0.3, 0.4) is 0 Å². The van der Waals surface area contributed by atoms with E-state index in [1.54, 1.807) is 0 Å². The summed E-state index contributed by atoms with van der Waals surface area (Å²) in [6.45, 7) is 5.52. The minimum atomic E-state index is 0.747. The van der Waals surface area contributed by atoms with Gasteiger partial charge in [-0.25, -0.2) is 0 Å². The lowest BCUT2D eigenvalue weighted by atomic mass is 9.85. The second kappa shape index (κ2) is 5.75. The van der Waals surface area contributed by atoms with E-state index in [9.17, 15) is 0 Å². The molecule has 0 radical (unpaired) electrons. The van der Waals surface area contributed by atoms with Gasteiger partial charge in [0, 0.05) is 18.3 Å². The van der Waals surface area contributed by atoms with Crippen LogP contribution in [0, 0.1) is 12.8 Å². The molecule has 2 N–H and O–H groups in total. The Morgan fingerprint density at radius 1 is 1.28 bits per heavy atom. The van der Waals surface area contributed by atoms with Crippen LogP contribution in [0.5, 0.6) is 0 Å². The molecule has 0 spiro atoms. The van der Waals surface area contributed by atoms with Gasteiger partial charge in [-0.2, -0.15) is 0 Å². The van der Waals surface area contributed by atoms with Crippen molar-refractivity contribution in [2.75, 3.05) is 12.8 Å². The largest absolute Gasteiger partial charge is 0.399 e. The van der Waals surface area contributed by atoms with Gasteiger partial charge >= 0.3 is 0 Å². The monoisotopic (exact) mass is 246 g/mol. The minimum absolute atomic E-state index is 0.747. The fraction of sp³-hybridized carbons (Fsp3) is 0.625. The average Bonchev–Trinajstić information content (AvgIpc) is 2.34. The van der Waals surface area contributed by atoms with Gasteiger partial charge in [-0.1, -0.05) is 31.9 Å². The summed E-state index contributed by atoms with van der Waals surface area (Å²) in [4.78, 5) is 2.52. The molecule has 0 aliphatic heterocycles. The van der Waals surface area contributed by atoms with Crippen molar-refractivity contribution in [1.29, 1.82) is 0 Å². The number of aryl methyl sites for hydroxylation is 1. The van der Waals surface area contributed by atoms with Gasteiger partial charge in [-0.05, 0) is 49.9 Å². The number of benzene rings is 1. The summed E-state index contributed by atoms with van der Waals surface area (Å²) in [5.74, 6) is 0.832. The molecular weight excluding hydrogens is 220 g/mol. The van der Waals surface area contributed by atoms with Gasteiger partial charge in [-0.3, -0.25) is 4.90 Å². The lowest BCUT2D eigenvalue weighted by Crippen LogP contribution is -2.38. The summed E-state index contributed by atoms with van der Waals surface area (Å²) < 4.78 is 0. The topological polar surface area (TPSA) is 29.3 Å². The summed E-state index contributed by atoms with van der Waals surface area (Å²) in [5.41, 5.74) is 9.34. The molecule has 100 valence electrons. The van der Waals surface area contributed by atoms with Crippen LogP contribution in [0.4, 0.5) is 5.69 Å². The van der Waals surface area contributed by atoms with Gasteiger partial charge in [0.2, 0.25) is 0 Å². The molecule has 2 rings (SSSR count). The van der Waals surface area contributed by atoms with E-state index in [-0.39, 0.29) is 0 Å². The molecule has 1 aromatic carbocycles. The van der Waals surface area contributed by atoms with E-state index >= 15 is 0 Å². The number of anilines is 1. The van der Waals surface area contributed by atoms with E-state index in [4.69, 9.17) is 5.73 Å². The van der Waals surface area contributed by atoms with Crippen molar-refractivity contribution in [1.82, 2.24) is 4.90 Å². The van der Waals surface area contributed by atoms with Crippen molar-refractivity contribution in [3.05, 3.63) is 29.3 Å². The Morgan fingerprint density at radius 3 is 2.67 bits per heavy atom. The van der Waals surface area contributed by atoms with Crippen LogP contribution in [0.1, 0.15) is 43.7 Å². The Balaban J connectivity index is 2.01. The lowest BCUT2D eigenvalue weighted by molar-refractivity contribution is 0.133. The minimum Gasteiger partial charge on any atom is -0.399 e. The van der Waals surface area contributed by atoms with Gasteiger partial charge in [0.15, 0.2) is 0 Å². The van der Waals surface area contributed by atoms with Gasteiger partial charge in [-0.15, -0.1) is 0 Å². The normalized spacial score (nSPS) is 24.4. The molecule has 2 atom stereocenters. The van der Waals surface area contributed by atoms with Gasteiger partial charge < -0.3 is 5.73 Å². The molecule has 2 unspecified atom stereocenters. The maximum Gasteiger partial charge on any atom is 0.0343 e. The summed E-state index contributed by atoms with van der Waals surface area (Å²) in [5, 5.41) is 0. The molecule has 0 aromatic heterocycles. The van der Waals surface area contributed by atoms with Crippen molar-refractivity contribution >= 4 is 5.69 Å². The van der Waals surface area contributed by atoms with Crippen molar-refractivity contribution < 1.29 is 0 Å². The molecular formula is C16H26N2. The van der Waals surface area contributed by atoms with E-state index in [1.165, 1.54) is 36.8 Å². The predicted octanol–water partition coefficient (Wildman–Crippen LogP) is 3.59. The van der Waals surface area contributed by atoms with Crippen molar-refractivity contribution in [2.45, 2.75) is 52.1 Å². The van der Waals surface area contributed by atoms with Gasteiger partial charge in [0.25, 0.3) is 0 Å². The van der Waals surface area contributed by atoms with Crippen LogP contribution in [-0.4, -0.2) is 18.0 Å². The molecule has 0 saturated heterocycles. The van der Waals surface area contributed by atoms with Crippen molar-refractivity contribution in [2.24, 2.45) is 5.92 Å². The first-order valence-corrected chi connectivity index (χ1v) is 7.13. The molecule has 0 amide bonds. The van der Waals surface area contributed by atoms with E-state index in [0.717, 1.165) is 24.2 Å². The van der Waals surface area contributed by atoms with Gasteiger partial charge in [0.05, 0.1) is 0 Å². The number of hydrogen-bond donors (Lipinski definition) is 1. The second-order valence-corrected chi connectivity index (χ2v) is 5.94. The van der Waals surface area contributed by atoms with E-state index in [1.807, 2.05) is 6.07 Å². The highest BCUT2D eigenvalue weighted by molar-refractivity contribution is 5.47. The molecule has 0 bridgehead atoms. The van der Waals surface area contributed by atoms with E-state index in [2.05, 4.69) is 37.9 Å². The first kappa shape index (κ1) is 13.4. The molecule has 1 fully saturated rings. The fourth-order valence-electron chi connectivity index (χ4n) is 3.19. The SMILES string of the molecule is Cc1cc(CN(C)C2CCCCC2C)ccc1N. The Morgan fingerprint density at radius 2 is 2.00 bits per heavy atom. The highest BCUT2D eigenvalue weighted by Gasteiger charge is 2.24. The second-order valence-electron chi connectivity index (χ2n) is 5.94. The summed E-state index contributed by atoms with van der Waals surface area (Å²) >= 11 is 0. The van der Waals surface area contributed by atoms with Crippen LogP contribution in [0.2, 0.25) is 0 Å². The number of nitrogens with zero attached hydrogens (tertiary/aromatic N) is 1. The third-order valence-electron chi connectivity index (χ3n) is 4.40. The molecule has 0 heterocycles. The first-order chi connectivity index (χ1) is 8.58. The highest BCUT2D eigenvalue weighted by Crippen LogP contribution is 2.28. The van der Waals surface area contributed by atoms with Crippen LogP contribution in [-0.2, 0) is 6.54 Å². The van der Waals surface area contributed by atoms with Gasteiger partial charge in [0.1, 0.15) is 0 Å². The molecule has 1 saturated carbocycles. The summed E-state index contributed by atoms with van der Waals surface area (Å²) in [7, 11) is 2.26. The van der Waals surface area contributed by atoms with E-state index < -0.39 is 0 Å². The standard InChI is InChI=1S/C16H26N2/c1-12-6-4-5-7-16(12)18(3)11-14-8-9-15(17)13(2)10-14/h8-10,12,16H,4-7,11,17H2,1-3H3. The highest BCUT2D eigenvalue weighted by atomic mass is 15.1. The number of rotatable bonds is 3.